The highest BCUT2D eigenvalue weighted by atomic mass is 16.5. The fraction of sp³-hybridized carbons (Fsp3) is 0. The molecule has 0 unspecified atom stereocenters. The molecule has 1 amide bonds. The molecule has 21 heavy (non-hydrogen) atoms. The lowest BCUT2D eigenvalue weighted by Crippen LogP contribution is -2.12. The minimum Gasteiger partial charge on any atom is -0.478 e. The van der Waals surface area contributed by atoms with Gasteiger partial charge in [-0.1, -0.05) is 12.1 Å². The van der Waals surface area contributed by atoms with Crippen LogP contribution in [0.5, 0.6) is 11.5 Å². The van der Waals surface area contributed by atoms with Gasteiger partial charge >= 0.3 is 5.97 Å². The highest BCUT2D eigenvalue weighted by Crippen LogP contribution is 2.25. The first kappa shape index (κ1) is 14.3. The Balaban J connectivity index is 2.26. The maximum absolute atomic E-state index is 11.3. The zero-order chi connectivity index (χ0) is 15.2. The van der Waals surface area contributed by atoms with Crippen molar-refractivity contribution in [1.82, 2.24) is 4.98 Å². The second-order valence-electron chi connectivity index (χ2n) is 4.09. The van der Waals surface area contributed by atoms with Crippen molar-refractivity contribution < 1.29 is 19.4 Å². The molecule has 2 aromatic rings. The number of amides is 1. The van der Waals surface area contributed by atoms with Crippen LogP contribution in [0.1, 0.15) is 15.9 Å². The number of hydrogen-bond acceptors (Lipinski definition) is 4. The number of benzene rings is 1. The molecule has 0 spiro atoms. The third-order valence-corrected chi connectivity index (χ3v) is 2.53. The topological polar surface area (TPSA) is 103 Å². The molecule has 1 heterocycles. The molecule has 6 heteroatoms. The zero-order valence-electron chi connectivity index (χ0n) is 10.9. The molecule has 6 nitrogen and oxygen atoms in total. The summed E-state index contributed by atoms with van der Waals surface area (Å²) in [7, 11) is 0. The number of para-hydroxylation sites is 1. The fourth-order valence-corrected chi connectivity index (χ4v) is 1.64. The molecule has 0 atom stereocenters. The summed E-state index contributed by atoms with van der Waals surface area (Å²) < 4.78 is 5.57. The van der Waals surface area contributed by atoms with E-state index in [1.54, 1.807) is 30.3 Å². The van der Waals surface area contributed by atoms with E-state index in [-0.39, 0.29) is 5.56 Å². The standard InChI is InChI=1S/C15H12N2O4/c16-15(20)12-3-1-2-4-13(12)21-11-7-10(8-17-9-11)5-6-14(18)19/h1-9H,(H2,16,20)(H,18,19)/b6-5+. The van der Waals surface area contributed by atoms with Gasteiger partial charge in [0.05, 0.1) is 11.8 Å². The van der Waals surface area contributed by atoms with Crippen LogP contribution >= 0.6 is 0 Å². The average Bonchev–Trinajstić information content (AvgIpc) is 2.46. The molecule has 0 saturated carbocycles. The summed E-state index contributed by atoms with van der Waals surface area (Å²) in [6, 6.07) is 8.16. The highest BCUT2D eigenvalue weighted by molar-refractivity contribution is 5.95. The lowest BCUT2D eigenvalue weighted by Gasteiger charge is -2.08. The normalized spacial score (nSPS) is 10.5. The van der Waals surface area contributed by atoms with Gasteiger partial charge in [0.2, 0.25) is 0 Å². The third kappa shape index (κ3) is 3.90. The van der Waals surface area contributed by atoms with Crippen molar-refractivity contribution in [2.45, 2.75) is 0 Å². The zero-order valence-corrected chi connectivity index (χ0v) is 10.9. The van der Waals surface area contributed by atoms with Gasteiger partial charge in [0.15, 0.2) is 0 Å². The van der Waals surface area contributed by atoms with E-state index in [9.17, 15) is 9.59 Å². The van der Waals surface area contributed by atoms with Crippen LogP contribution in [-0.4, -0.2) is 22.0 Å². The Morgan fingerprint density at radius 3 is 2.71 bits per heavy atom. The van der Waals surface area contributed by atoms with Crippen molar-refractivity contribution in [3.05, 3.63) is 59.9 Å². The lowest BCUT2D eigenvalue weighted by atomic mass is 10.2. The Morgan fingerprint density at radius 1 is 1.24 bits per heavy atom. The van der Waals surface area contributed by atoms with E-state index in [2.05, 4.69) is 4.98 Å². The van der Waals surface area contributed by atoms with Crippen molar-refractivity contribution in [3.8, 4) is 11.5 Å². The van der Waals surface area contributed by atoms with Crippen LogP contribution in [0.3, 0.4) is 0 Å². The molecule has 0 bridgehead atoms. The first-order valence-electron chi connectivity index (χ1n) is 5.99. The Bertz CT molecular complexity index is 710. The summed E-state index contributed by atoms with van der Waals surface area (Å²) in [5.74, 6) is -0.969. The number of aromatic nitrogens is 1. The number of carbonyl (C=O) groups is 2. The van der Waals surface area contributed by atoms with Gasteiger partial charge in [-0.3, -0.25) is 9.78 Å². The molecule has 0 radical (unpaired) electrons. The van der Waals surface area contributed by atoms with Gasteiger partial charge in [0, 0.05) is 12.3 Å². The first-order chi connectivity index (χ1) is 10.1. The van der Waals surface area contributed by atoms with E-state index in [4.69, 9.17) is 15.6 Å². The van der Waals surface area contributed by atoms with Gasteiger partial charge in [-0.2, -0.15) is 0 Å². The number of aliphatic carboxylic acids is 1. The van der Waals surface area contributed by atoms with E-state index in [1.165, 1.54) is 18.5 Å². The van der Waals surface area contributed by atoms with Crippen LogP contribution in [0, 0.1) is 0 Å². The van der Waals surface area contributed by atoms with Crippen LogP contribution in [0.15, 0.2) is 48.8 Å². The fourth-order valence-electron chi connectivity index (χ4n) is 1.64. The number of rotatable bonds is 5. The summed E-state index contributed by atoms with van der Waals surface area (Å²) in [6.07, 6.45) is 5.34. The first-order valence-corrected chi connectivity index (χ1v) is 5.99. The Kier molecular flexibility index (Phi) is 4.30. The predicted molar refractivity (Wildman–Crippen MR) is 75.9 cm³/mol. The maximum atomic E-state index is 11.3. The molecule has 0 fully saturated rings. The van der Waals surface area contributed by atoms with Crippen LogP contribution in [0.4, 0.5) is 0 Å². The van der Waals surface area contributed by atoms with Crippen molar-refractivity contribution >= 4 is 18.0 Å². The van der Waals surface area contributed by atoms with Crippen LogP contribution < -0.4 is 10.5 Å². The van der Waals surface area contributed by atoms with Gasteiger partial charge < -0.3 is 15.6 Å². The number of primary amides is 1. The van der Waals surface area contributed by atoms with E-state index in [0.717, 1.165) is 6.08 Å². The lowest BCUT2D eigenvalue weighted by molar-refractivity contribution is -0.131. The number of ether oxygens (including phenoxy) is 1. The molecule has 2 rings (SSSR count). The second kappa shape index (κ2) is 6.33. The molecule has 0 saturated heterocycles. The molecule has 0 aliphatic heterocycles. The number of nitrogens with two attached hydrogens (primary N) is 1. The van der Waals surface area contributed by atoms with Crippen LogP contribution in [-0.2, 0) is 4.79 Å². The maximum Gasteiger partial charge on any atom is 0.328 e. The van der Waals surface area contributed by atoms with Gasteiger partial charge in [0.25, 0.3) is 5.91 Å². The number of hydrogen-bond donors (Lipinski definition) is 2. The Morgan fingerprint density at radius 2 is 2.00 bits per heavy atom. The Labute approximate surface area is 120 Å². The number of carboxylic acid groups (broad SMARTS) is 1. The second-order valence-corrected chi connectivity index (χ2v) is 4.09. The smallest absolute Gasteiger partial charge is 0.328 e. The van der Waals surface area contributed by atoms with Gasteiger partial charge in [-0.25, -0.2) is 4.79 Å². The van der Waals surface area contributed by atoms with E-state index in [1.807, 2.05) is 0 Å². The molecule has 1 aromatic heterocycles. The van der Waals surface area contributed by atoms with E-state index in [0.29, 0.717) is 17.1 Å². The summed E-state index contributed by atoms with van der Waals surface area (Å²) in [5.41, 5.74) is 6.08. The predicted octanol–water partition coefficient (Wildman–Crippen LogP) is 2.07. The van der Waals surface area contributed by atoms with Crippen molar-refractivity contribution in [2.24, 2.45) is 5.73 Å². The minimum absolute atomic E-state index is 0.254. The molecular weight excluding hydrogens is 272 g/mol. The number of pyridine rings is 1. The van der Waals surface area contributed by atoms with Gasteiger partial charge in [0.1, 0.15) is 11.5 Å². The largest absolute Gasteiger partial charge is 0.478 e. The highest BCUT2D eigenvalue weighted by Gasteiger charge is 2.09. The van der Waals surface area contributed by atoms with Crippen molar-refractivity contribution in [1.29, 1.82) is 0 Å². The number of nitrogens with zero attached hydrogens (tertiary/aromatic N) is 1. The quantitative estimate of drug-likeness (QED) is 0.818. The summed E-state index contributed by atoms with van der Waals surface area (Å²) in [6.45, 7) is 0. The Hall–Kier alpha value is -3.15. The summed E-state index contributed by atoms with van der Waals surface area (Å²) >= 11 is 0. The summed E-state index contributed by atoms with van der Waals surface area (Å²) in [4.78, 5) is 25.7. The molecule has 0 aliphatic carbocycles. The molecular formula is C15H12N2O4. The van der Waals surface area contributed by atoms with E-state index >= 15 is 0 Å². The van der Waals surface area contributed by atoms with Gasteiger partial charge in [-0.15, -0.1) is 0 Å². The third-order valence-electron chi connectivity index (χ3n) is 2.53. The van der Waals surface area contributed by atoms with Gasteiger partial charge in [-0.05, 0) is 29.8 Å². The molecule has 3 N–H and O–H groups in total. The molecule has 106 valence electrons. The number of carboxylic acids is 1. The SMILES string of the molecule is NC(=O)c1ccccc1Oc1cncc(/C=C/C(=O)O)c1. The molecule has 1 aromatic carbocycles. The average molecular weight is 284 g/mol. The minimum atomic E-state index is -1.06. The molecule has 0 aliphatic rings. The number of carbonyl (C=O) groups excluding carboxylic acids is 1. The van der Waals surface area contributed by atoms with Crippen molar-refractivity contribution in [2.75, 3.05) is 0 Å². The van der Waals surface area contributed by atoms with Crippen molar-refractivity contribution in [3.63, 3.8) is 0 Å². The van der Waals surface area contributed by atoms with E-state index < -0.39 is 11.9 Å². The summed E-state index contributed by atoms with van der Waals surface area (Å²) in [5, 5.41) is 8.59. The monoisotopic (exact) mass is 284 g/mol. The van der Waals surface area contributed by atoms with Crippen LogP contribution in [0.25, 0.3) is 6.08 Å². The van der Waals surface area contributed by atoms with Crippen LogP contribution in [0.2, 0.25) is 0 Å².